The molecule has 2 aliphatic rings. The third-order valence-electron chi connectivity index (χ3n) is 6.18. The predicted molar refractivity (Wildman–Crippen MR) is 117 cm³/mol. The van der Waals surface area contributed by atoms with Crippen molar-refractivity contribution < 1.29 is 20.5 Å². The molecule has 1 aromatic heterocycles. The van der Waals surface area contributed by atoms with Crippen LogP contribution in [0.25, 0.3) is 11.1 Å². The first-order valence-electron chi connectivity index (χ1n) is 10.3. The van der Waals surface area contributed by atoms with Crippen LogP contribution in [-0.4, -0.2) is 23.5 Å². The number of carbonyl (C=O) groups is 2. The summed E-state index contributed by atoms with van der Waals surface area (Å²) in [4.78, 5) is 29.2. The summed E-state index contributed by atoms with van der Waals surface area (Å²) in [5.74, 6) is 1.13. The van der Waals surface area contributed by atoms with E-state index in [2.05, 4.69) is 4.98 Å². The lowest BCUT2D eigenvalue weighted by molar-refractivity contribution is -0.120. The van der Waals surface area contributed by atoms with E-state index in [9.17, 15) is 9.59 Å². The lowest BCUT2D eigenvalue weighted by Crippen LogP contribution is -2.23. The van der Waals surface area contributed by atoms with Gasteiger partial charge in [0, 0.05) is 30.9 Å². The number of nitrogens with two attached hydrogens (primary N) is 1. The van der Waals surface area contributed by atoms with Gasteiger partial charge < -0.3 is 15.2 Å². The molecule has 5 rings (SSSR count). The highest BCUT2D eigenvalue weighted by Gasteiger charge is 2.51. The number of aromatic nitrogens is 1. The second-order valence-electron chi connectivity index (χ2n) is 8.19. The summed E-state index contributed by atoms with van der Waals surface area (Å²) in [6.07, 6.45) is 3.71. The number of Topliss-reactive ketones (excluding diaryl/α,β-unsaturated/α-hetero) is 1. The average Bonchev–Trinajstić information content (AvgIpc) is 3.45. The maximum absolute atomic E-state index is 13.2. The number of carbonyl (C=O) groups excluding carboxylic acids is 2. The molecule has 6 heteroatoms. The third kappa shape index (κ3) is 3.44. The van der Waals surface area contributed by atoms with Gasteiger partial charge in [0.05, 0.1) is 5.41 Å². The Morgan fingerprint density at radius 2 is 1.90 bits per heavy atom. The van der Waals surface area contributed by atoms with Crippen LogP contribution in [0.15, 0.2) is 54.7 Å². The summed E-state index contributed by atoms with van der Waals surface area (Å²) in [5.41, 5.74) is 9.90. The van der Waals surface area contributed by atoms with E-state index < -0.39 is 11.3 Å². The molecule has 6 nitrogen and oxygen atoms in total. The zero-order chi connectivity index (χ0) is 21.6. The van der Waals surface area contributed by atoms with Crippen molar-refractivity contribution in [3.8, 4) is 22.6 Å². The average molecular weight is 416 g/mol. The molecular formula is C25H24N2O4. The van der Waals surface area contributed by atoms with Gasteiger partial charge in [-0.2, -0.15) is 0 Å². The summed E-state index contributed by atoms with van der Waals surface area (Å²) in [7, 11) is 0. The second-order valence-corrected chi connectivity index (χ2v) is 8.19. The van der Waals surface area contributed by atoms with E-state index in [0.29, 0.717) is 11.3 Å². The van der Waals surface area contributed by atoms with Gasteiger partial charge in [-0.05, 0) is 66.8 Å². The summed E-state index contributed by atoms with van der Waals surface area (Å²) in [6.45, 7) is 2.20. The number of ketones is 1. The van der Waals surface area contributed by atoms with Crippen molar-refractivity contribution in [1.82, 2.24) is 4.98 Å². The summed E-state index contributed by atoms with van der Waals surface area (Å²) < 4.78 is 10.9. The highest BCUT2D eigenvalue weighted by atomic mass is 16.7. The van der Waals surface area contributed by atoms with E-state index in [0.717, 1.165) is 46.5 Å². The van der Waals surface area contributed by atoms with E-state index in [1.54, 1.807) is 24.4 Å². The predicted octanol–water partition coefficient (Wildman–Crippen LogP) is 3.97. The largest absolute Gasteiger partial charge is 0.454 e. The highest BCUT2D eigenvalue weighted by molar-refractivity contribution is 5.95. The Hall–Kier alpha value is -3.67. The monoisotopic (exact) mass is 416 g/mol. The number of aryl methyl sites for hydroxylation is 1. The Morgan fingerprint density at radius 1 is 1.10 bits per heavy atom. The fourth-order valence-electron chi connectivity index (χ4n) is 4.23. The lowest BCUT2D eigenvalue weighted by Gasteiger charge is -2.15. The van der Waals surface area contributed by atoms with Gasteiger partial charge in [0.15, 0.2) is 11.5 Å². The molecule has 2 N–H and O–H groups in total. The van der Waals surface area contributed by atoms with Gasteiger partial charge in [0.2, 0.25) is 12.7 Å². The van der Waals surface area contributed by atoms with Crippen LogP contribution in [0, 0.1) is 6.92 Å². The number of ether oxygens (including phenoxy) is 2. The summed E-state index contributed by atoms with van der Waals surface area (Å²) in [5, 5.41) is 0. The number of rotatable bonds is 6. The molecule has 0 saturated heterocycles. The topological polar surface area (TPSA) is 91.5 Å². The molecule has 2 heterocycles. The Morgan fingerprint density at radius 3 is 2.65 bits per heavy atom. The number of primary amides is 1. The molecule has 0 spiro atoms. The van der Waals surface area contributed by atoms with E-state index in [-0.39, 0.29) is 20.4 Å². The maximum Gasteiger partial charge on any atom is 0.248 e. The quantitative estimate of drug-likeness (QED) is 0.656. The van der Waals surface area contributed by atoms with E-state index in [1.165, 1.54) is 0 Å². The minimum atomic E-state index is -0.465. The van der Waals surface area contributed by atoms with Crippen molar-refractivity contribution in [3.63, 3.8) is 0 Å². The first kappa shape index (κ1) is 19.3. The maximum atomic E-state index is 13.2. The standard InChI is InChI=1S/C25H22N2O4.H2/c1-15-9-19(27-13-20(15)16-3-2-4-17(10-16)24(26)29)12-23(28)25(7-8-25)18-5-6-21-22(11-18)31-14-30-21;/h2-6,9-11,13H,7-8,12,14H2,1H3,(H2,26,29);1H. The summed E-state index contributed by atoms with van der Waals surface area (Å²) >= 11 is 0. The van der Waals surface area contributed by atoms with E-state index in [4.69, 9.17) is 15.2 Å². The Bertz CT molecular complexity index is 1220. The van der Waals surface area contributed by atoms with Crippen molar-refractivity contribution >= 4 is 11.7 Å². The van der Waals surface area contributed by atoms with Gasteiger partial charge in [-0.3, -0.25) is 14.6 Å². The van der Waals surface area contributed by atoms with E-state index in [1.807, 2.05) is 37.3 Å². The van der Waals surface area contributed by atoms with Gasteiger partial charge in [-0.1, -0.05) is 18.2 Å². The number of benzene rings is 2. The lowest BCUT2D eigenvalue weighted by atomic mass is 9.88. The van der Waals surface area contributed by atoms with Gasteiger partial charge in [-0.15, -0.1) is 0 Å². The first-order valence-corrected chi connectivity index (χ1v) is 10.3. The van der Waals surface area contributed by atoms with Crippen LogP contribution in [0.1, 0.15) is 41.4 Å². The molecule has 3 aromatic rings. The molecule has 0 bridgehead atoms. The molecule has 1 fully saturated rings. The molecule has 2 aromatic carbocycles. The molecule has 158 valence electrons. The molecule has 1 aliphatic carbocycles. The Labute approximate surface area is 181 Å². The smallest absolute Gasteiger partial charge is 0.248 e. The molecule has 0 unspecified atom stereocenters. The minimum absolute atomic E-state index is 0. The van der Waals surface area contributed by atoms with Crippen LogP contribution in [0.2, 0.25) is 0 Å². The number of nitrogens with zero attached hydrogens (tertiary/aromatic N) is 1. The fourth-order valence-corrected chi connectivity index (χ4v) is 4.23. The molecule has 31 heavy (non-hydrogen) atoms. The van der Waals surface area contributed by atoms with Crippen LogP contribution >= 0.6 is 0 Å². The number of fused-ring (bicyclic) bond motifs is 1. The molecule has 1 aliphatic heterocycles. The van der Waals surface area contributed by atoms with Crippen molar-refractivity contribution in [1.29, 1.82) is 0 Å². The molecule has 1 amide bonds. The minimum Gasteiger partial charge on any atom is -0.454 e. The van der Waals surface area contributed by atoms with Crippen molar-refractivity contribution in [2.45, 2.75) is 31.6 Å². The number of hydrogen-bond acceptors (Lipinski definition) is 5. The van der Waals surface area contributed by atoms with Crippen LogP contribution in [-0.2, 0) is 16.6 Å². The molecule has 0 radical (unpaired) electrons. The third-order valence-corrected chi connectivity index (χ3v) is 6.18. The first-order chi connectivity index (χ1) is 15.0. The Kier molecular flexibility index (Phi) is 4.50. The van der Waals surface area contributed by atoms with Crippen LogP contribution in [0.4, 0.5) is 0 Å². The zero-order valence-electron chi connectivity index (χ0n) is 17.2. The normalized spacial score (nSPS) is 15.5. The number of pyridine rings is 1. The molecule has 1 saturated carbocycles. The zero-order valence-corrected chi connectivity index (χ0v) is 17.2. The van der Waals surface area contributed by atoms with Crippen LogP contribution in [0.3, 0.4) is 0 Å². The van der Waals surface area contributed by atoms with Gasteiger partial charge in [0.25, 0.3) is 0 Å². The second kappa shape index (κ2) is 7.23. The Balaban J connectivity index is 0.00000245. The van der Waals surface area contributed by atoms with Crippen LogP contribution < -0.4 is 15.2 Å². The highest BCUT2D eigenvalue weighted by Crippen LogP contribution is 2.51. The fraction of sp³-hybridized carbons (Fsp3) is 0.240. The van der Waals surface area contributed by atoms with Gasteiger partial charge in [0.1, 0.15) is 5.78 Å². The SMILES string of the molecule is Cc1cc(CC(=O)C2(c3ccc4c(c3)OCO4)CC2)ncc1-c1cccc(C(N)=O)c1.[HH]. The van der Waals surface area contributed by atoms with Crippen molar-refractivity contribution in [2.24, 2.45) is 5.73 Å². The van der Waals surface area contributed by atoms with Crippen molar-refractivity contribution in [3.05, 3.63) is 77.1 Å². The number of amides is 1. The number of hydrogen-bond donors (Lipinski definition) is 1. The van der Waals surface area contributed by atoms with Gasteiger partial charge in [-0.25, -0.2) is 0 Å². The van der Waals surface area contributed by atoms with Crippen LogP contribution in [0.5, 0.6) is 11.5 Å². The van der Waals surface area contributed by atoms with E-state index >= 15 is 0 Å². The molecular weight excluding hydrogens is 392 g/mol. The summed E-state index contributed by atoms with van der Waals surface area (Å²) in [6, 6.07) is 14.9. The van der Waals surface area contributed by atoms with Crippen molar-refractivity contribution in [2.75, 3.05) is 6.79 Å². The molecule has 0 atom stereocenters. The van der Waals surface area contributed by atoms with Gasteiger partial charge >= 0.3 is 0 Å².